The molecule has 2 aromatic rings. The van der Waals surface area contributed by atoms with Crippen molar-refractivity contribution in [2.45, 2.75) is 17.6 Å². The molecular weight excluding hydrogens is 355 g/mol. The summed E-state index contributed by atoms with van der Waals surface area (Å²) in [7, 11) is -1.13. The average molecular weight is 368 g/mol. The maximum atomic E-state index is 12.9. The first kappa shape index (κ1) is 17.8. The van der Waals surface area contributed by atoms with E-state index in [2.05, 4.69) is 5.10 Å². The minimum absolute atomic E-state index is 0.0137. The Kier molecular flexibility index (Phi) is 4.74. The topological polar surface area (TPSA) is 55.2 Å². The quantitative estimate of drug-likeness (QED) is 0.835. The number of alkyl halides is 3. The molecule has 0 amide bonds. The number of aromatic nitrogens is 2. The van der Waals surface area contributed by atoms with Crippen LogP contribution in [0.5, 0.6) is 0 Å². The zero-order valence-electron chi connectivity index (χ0n) is 12.2. The van der Waals surface area contributed by atoms with Crippen LogP contribution in [0.3, 0.4) is 0 Å². The van der Waals surface area contributed by atoms with Crippen LogP contribution in [0.15, 0.2) is 35.5 Å². The second kappa shape index (κ2) is 6.14. The van der Waals surface area contributed by atoms with Crippen LogP contribution in [0.25, 0.3) is 0 Å². The lowest BCUT2D eigenvalue weighted by Gasteiger charge is -2.18. The normalized spacial score (nSPS) is 12.8. The summed E-state index contributed by atoms with van der Waals surface area (Å²) in [6.07, 6.45) is -1.63. The zero-order valence-corrected chi connectivity index (χ0v) is 13.7. The number of benzene rings is 1. The third-order valence-electron chi connectivity index (χ3n) is 3.11. The Morgan fingerprint density at radius 1 is 1.35 bits per heavy atom. The first-order valence-corrected chi connectivity index (χ1v) is 8.14. The van der Waals surface area contributed by atoms with Crippen LogP contribution >= 0.6 is 11.6 Å². The molecule has 1 aromatic heterocycles. The Bertz CT molecular complexity index is 818. The molecule has 0 radical (unpaired) electrons. The van der Waals surface area contributed by atoms with E-state index in [0.717, 1.165) is 16.4 Å². The summed E-state index contributed by atoms with van der Waals surface area (Å²) >= 11 is 5.50. The van der Waals surface area contributed by atoms with Gasteiger partial charge in [-0.25, -0.2) is 8.42 Å². The van der Waals surface area contributed by atoms with E-state index in [1.165, 1.54) is 17.9 Å². The molecule has 5 nitrogen and oxygen atoms in total. The van der Waals surface area contributed by atoms with Gasteiger partial charge in [-0.1, -0.05) is 11.6 Å². The third-order valence-corrected chi connectivity index (χ3v) is 5.24. The highest BCUT2D eigenvalue weighted by Crippen LogP contribution is 2.36. The first-order valence-electron chi connectivity index (χ1n) is 6.32. The Balaban J connectivity index is 2.35. The second-order valence-corrected chi connectivity index (χ2v) is 7.37. The van der Waals surface area contributed by atoms with Gasteiger partial charge in [-0.15, -0.1) is 0 Å². The van der Waals surface area contributed by atoms with Crippen molar-refractivity contribution in [1.82, 2.24) is 14.1 Å². The molecule has 2 rings (SSSR count). The summed E-state index contributed by atoms with van der Waals surface area (Å²) in [5.41, 5.74) is -0.571. The van der Waals surface area contributed by atoms with E-state index in [-0.39, 0.29) is 6.54 Å². The van der Waals surface area contributed by atoms with E-state index >= 15 is 0 Å². The maximum absolute atomic E-state index is 12.9. The highest BCUT2D eigenvalue weighted by atomic mass is 35.5. The molecule has 10 heteroatoms. The second-order valence-electron chi connectivity index (χ2n) is 4.92. The molecule has 1 heterocycles. The molecule has 0 spiro atoms. The fourth-order valence-corrected chi connectivity index (χ4v) is 3.37. The smallest absolute Gasteiger partial charge is 0.275 e. The van der Waals surface area contributed by atoms with Crippen LogP contribution in [0, 0.1) is 0 Å². The minimum atomic E-state index is -4.73. The van der Waals surface area contributed by atoms with E-state index in [1.807, 2.05) is 0 Å². The van der Waals surface area contributed by atoms with Gasteiger partial charge in [-0.3, -0.25) is 4.68 Å². The number of hydrogen-bond donors (Lipinski definition) is 0. The van der Waals surface area contributed by atoms with Gasteiger partial charge in [-0.05, 0) is 18.2 Å². The predicted molar refractivity (Wildman–Crippen MR) is 78.3 cm³/mol. The Labute approximate surface area is 136 Å². The zero-order chi connectivity index (χ0) is 17.4. The highest BCUT2D eigenvalue weighted by molar-refractivity contribution is 7.89. The molecule has 0 saturated carbocycles. The first-order chi connectivity index (χ1) is 10.5. The van der Waals surface area contributed by atoms with Gasteiger partial charge >= 0.3 is 6.18 Å². The van der Waals surface area contributed by atoms with Crippen molar-refractivity contribution in [3.05, 3.63) is 46.7 Å². The van der Waals surface area contributed by atoms with Crippen molar-refractivity contribution in [2.24, 2.45) is 7.05 Å². The molecule has 1 aromatic carbocycles. The van der Waals surface area contributed by atoms with Crippen LogP contribution in [0.2, 0.25) is 5.02 Å². The van der Waals surface area contributed by atoms with Gasteiger partial charge in [-0.2, -0.15) is 22.6 Å². The van der Waals surface area contributed by atoms with Crippen LogP contribution in [-0.2, 0) is 29.8 Å². The van der Waals surface area contributed by atoms with E-state index < -0.39 is 31.7 Å². The molecule has 0 aliphatic heterocycles. The van der Waals surface area contributed by atoms with Gasteiger partial charge in [0, 0.05) is 32.4 Å². The van der Waals surface area contributed by atoms with E-state index in [1.54, 1.807) is 13.2 Å². The van der Waals surface area contributed by atoms with Crippen LogP contribution < -0.4 is 0 Å². The fourth-order valence-electron chi connectivity index (χ4n) is 1.96. The Hall–Kier alpha value is -1.58. The van der Waals surface area contributed by atoms with E-state index in [4.69, 9.17) is 11.6 Å². The Morgan fingerprint density at radius 3 is 2.52 bits per heavy atom. The van der Waals surface area contributed by atoms with Crippen LogP contribution in [0.1, 0.15) is 11.1 Å². The number of aryl methyl sites for hydroxylation is 1. The number of sulfonamides is 1. The van der Waals surface area contributed by atoms with Gasteiger partial charge in [0.05, 0.1) is 21.7 Å². The van der Waals surface area contributed by atoms with Gasteiger partial charge < -0.3 is 0 Å². The summed E-state index contributed by atoms with van der Waals surface area (Å²) in [5.74, 6) is 0. The van der Waals surface area contributed by atoms with Crippen molar-refractivity contribution in [3.63, 3.8) is 0 Å². The summed E-state index contributed by atoms with van der Waals surface area (Å²) in [6, 6.07) is 2.51. The monoisotopic (exact) mass is 367 g/mol. The number of halogens is 4. The minimum Gasteiger partial charge on any atom is -0.275 e. The van der Waals surface area contributed by atoms with Gasteiger partial charge in [0.25, 0.3) is 0 Å². The highest BCUT2D eigenvalue weighted by Gasteiger charge is 2.35. The molecular formula is C13H13ClF3N3O2S. The fraction of sp³-hybridized carbons (Fsp3) is 0.308. The lowest BCUT2D eigenvalue weighted by atomic mass is 10.2. The average Bonchev–Trinajstić information content (AvgIpc) is 2.83. The molecule has 0 N–H and O–H groups in total. The van der Waals surface area contributed by atoms with Crippen molar-refractivity contribution in [1.29, 1.82) is 0 Å². The van der Waals surface area contributed by atoms with E-state index in [9.17, 15) is 21.6 Å². The third kappa shape index (κ3) is 3.85. The Morgan fingerprint density at radius 2 is 2.00 bits per heavy atom. The van der Waals surface area contributed by atoms with E-state index in [0.29, 0.717) is 11.6 Å². The summed E-state index contributed by atoms with van der Waals surface area (Å²) in [5, 5.41) is 3.36. The van der Waals surface area contributed by atoms with Crippen LogP contribution in [0.4, 0.5) is 13.2 Å². The molecule has 0 atom stereocenters. The van der Waals surface area contributed by atoms with Crippen molar-refractivity contribution in [2.75, 3.05) is 7.05 Å². The van der Waals surface area contributed by atoms with Crippen molar-refractivity contribution >= 4 is 21.6 Å². The number of nitrogens with zero attached hydrogens (tertiary/aromatic N) is 3. The summed E-state index contributed by atoms with van der Waals surface area (Å²) in [6.45, 7) is -0.0137. The largest absolute Gasteiger partial charge is 0.417 e. The van der Waals surface area contributed by atoms with Crippen molar-refractivity contribution in [3.8, 4) is 0 Å². The molecule has 126 valence electrons. The number of rotatable bonds is 4. The van der Waals surface area contributed by atoms with Crippen molar-refractivity contribution < 1.29 is 21.6 Å². The van der Waals surface area contributed by atoms with Gasteiger partial charge in [0.15, 0.2) is 0 Å². The molecule has 23 heavy (non-hydrogen) atoms. The van der Waals surface area contributed by atoms with Crippen LogP contribution in [-0.4, -0.2) is 29.6 Å². The molecule has 0 fully saturated rings. The van der Waals surface area contributed by atoms with Gasteiger partial charge in [0.1, 0.15) is 0 Å². The maximum Gasteiger partial charge on any atom is 0.417 e. The lowest BCUT2D eigenvalue weighted by molar-refractivity contribution is -0.137. The summed E-state index contributed by atoms with van der Waals surface area (Å²) in [4.78, 5) is -0.472. The standard InChI is InChI=1S/C13H13ClF3N3O2S/c1-19-7-9(6-18-19)8-20(2)23(21,22)10-3-4-12(14)11(5-10)13(15,16)17/h3-7H,8H2,1-2H3. The molecule has 0 aliphatic carbocycles. The number of hydrogen-bond acceptors (Lipinski definition) is 3. The predicted octanol–water partition coefficient (Wildman–Crippen LogP) is 2.91. The molecule has 0 aliphatic rings. The van der Waals surface area contributed by atoms with Gasteiger partial charge in [0.2, 0.25) is 10.0 Å². The molecule has 0 bridgehead atoms. The summed E-state index contributed by atoms with van der Waals surface area (Å²) < 4.78 is 65.9. The molecule has 0 unspecified atom stereocenters. The molecule has 0 saturated heterocycles. The SMILES string of the molecule is CN(Cc1cnn(C)c1)S(=O)(=O)c1ccc(Cl)c(C(F)(F)F)c1. The lowest BCUT2D eigenvalue weighted by Crippen LogP contribution is -2.26.